The van der Waals surface area contributed by atoms with Crippen LogP contribution in [0.25, 0.3) is 11.5 Å². The molecule has 2 aliphatic heterocycles. The number of aliphatic carboxylic acids is 1. The van der Waals surface area contributed by atoms with Crippen LogP contribution < -0.4 is 0 Å². The summed E-state index contributed by atoms with van der Waals surface area (Å²) in [5.74, 6) is -0.292. The minimum atomic E-state index is -0.809. The lowest BCUT2D eigenvalue weighted by molar-refractivity contribution is -0.143. The van der Waals surface area contributed by atoms with E-state index in [9.17, 15) is 14.7 Å². The second-order valence-corrected chi connectivity index (χ2v) is 6.12. The summed E-state index contributed by atoms with van der Waals surface area (Å²) >= 11 is 0. The van der Waals surface area contributed by atoms with Crippen LogP contribution in [0.3, 0.4) is 0 Å². The number of hydrogen-bond acceptors (Lipinski definition) is 5. The molecule has 2 aromatic heterocycles. The quantitative estimate of drug-likeness (QED) is 0.926. The second kappa shape index (κ2) is 5.26. The Morgan fingerprint density at radius 2 is 2.22 bits per heavy atom. The van der Waals surface area contributed by atoms with Gasteiger partial charge in [-0.05, 0) is 31.4 Å². The second-order valence-electron chi connectivity index (χ2n) is 6.12. The first kappa shape index (κ1) is 14.0. The fourth-order valence-corrected chi connectivity index (χ4v) is 3.82. The topological polar surface area (TPSA) is 96.8 Å². The van der Waals surface area contributed by atoms with Gasteiger partial charge in [0.15, 0.2) is 5.76 Å². The average Bonchev–Trinajstić information content (AvgIpc) is 3.29. The van der Waals surface area contributed by atoms with Crippen molar-refractivity contribution in [2.75, 3.05) is 0 Å². The first-order chi connectivity index (χ1) is 11.1. The molecule has 0 aliphatic carbocycles. The summed E-state index contributed by atoms with van der Waals surface area (Å²) in [6.07, 6.45) is 3.86. The number of furan rings is 1. The van der Waals surface area contributed by atoms with E-state index in [4.69, 9.17) is 8.94 Å². The molecule has 4 rings (SSSR count). The summed E-state index contributed by atoms with van der Waals surface area (Å²) in [7, 11) is 0. The number of aromatic nitrogens is 1. The van der Waals surface area contributed by atoms with Gasteiger partial charge in [0.1, 0.15) is 0 Å². The van der Waals surface area contributed by atoms with E-state index in [2.05, 4.69) is 5.16 Å². The van der Waals surface area contributed by atoms with Gasteiger partial charge >= 0.3 is 5.97 Å². The third kappa shape index (κ3) is 2.32. The number of hydrogen-bond donors (Lipinski definition) is 1. The Labute approximate surface area is 131 Å². The zero-order valence-corrected chi connectivity index (χ0v) is 12.3. The van der Waals surface area contributed by atoms with E-state index in [1.165, 1.54) is 6.26 Å². The van der Waals surface area contributed by atoms with Gasteiger partial charge in [-0.2, -0.15) is 0 Å². The van der Waals surface area contributed by atoms with Gasteiger partial charge < -0.3 is 18.9 Å². The molecule has 120 valence electrons. The van der Waals surface area contributed by atoms with Crippen LogP contribution in [0.2, 0.25) is 0 Å². The van der Waals surface area contributed by atoms with Crippen LogP contribution in [0.15, 0.2) is 33.4 Å². The molecule has 0 aromatic carbocycles. The Balaban J connectivity index is 1.48. The van der Waals surface area contributed by atoms with Gasteiger partial charge in [-0.25, -0.2) is 0 Å². The molecular weight excluding hydrogens is 300 g/mol. The van der Waals surface area contributed by atoms with Crippen molar-refractivity contribution in [3.05, 3.63) is 30.2 Å². The van der Waals surface area contributed by atoms with Crippen LogP contribution in [-0.2, 0) is 16.0 Å². The summed E-state index contributed by atoms with van der Waals surface area (Å²) in [6.45, 7) is 0. The standard InChI is InChI=1S/C16H16N2O5/c19-15(18-10-3-4-12(18)11(8-10)16(20)21)7-9-6-14(23-17-9)13-2-1-5-22-13/h1-2,5-6,10-12H,3-4,7-8H2,(H,20,21)/t10-,11-,12+/m1/s1. The molecule has 0 spiro atoms. The van der Waals surface area contributed by atoms with E-state index in [0.717, 1.165) is 12.8 Å². The highest BCUT2D eigenvalue weighted by Gasteiger charge is 2.51. The molecule has 4 heterocycles. The van der Waals surface area contributed by atoms with Crippen molar-refractivity contribution >= 4 is 11.9 Å². The minimum Gasteiger partial charge on any atom is -0.481 e. The SMILES string of the molecule is O=C(O)[C@@H]1C[C@H]2CC[C@@H]1N2C(=O)Cc1cc(-c2ccco2)on1. The molecule has 23 heavy (non-hydrogen) atoms. The van der Waals surface area contributed by atoms with E-state index >= 15 is 0 Å². The van der Waals surface area contributed by atoms with E-state index in [1.807, 2.05) is 0 Å². The van der Waals surface area contributed by atoms with Crippen molar-refractivity contribution in [3.63, 3.8) is 0 Å². The summed E-state index contributed by atoms with van der Waals surface area (Å²) < 4.78 is 10.4. The van der Waals surface area contributed by atoms with Crippen LogP contribution in [0, 0.1) is 5.92 Å². The van der Waals surface area contributed by atoms with E-state index < -0.39 is 11.9 Å². The maximum atomic E-state index is 12.6. The molecule has 1 N–H and O–H groups in total. The van der Waals surface area contributed by atoms with Crippen LogP contribution >= 0.6 is 0 Å². The highest BCUT2D eigenvalue weighted by Crippen LogP contribution is 2.42. The normalized spacial score (nSPS) is 25.9. The summed E-state index contributed by atoms with van der Waals surface area (Å²) in [5.41, 5.74) is 0.527. The number of fused-ring (bicyclic) bond motifs is 2. The van der Waals surface area contributed by atoms with Gasteiger partial charge in [-0.15, -0.1) is 0 Å². The maximum Gasteiger partial charge on any atom is 0.308 e. The lowest BCUT2D eigenvalue weighted by Gasteiger charge is -2.22. The maximum absolute atomic E-state index is 12.6. The Bertz CT molecular complexity index is 735. The molecule has 2 saturated heterocycles. The van der Waals surface area contributed by atoms with Gasteiger partial charge in [0.05, 0.1) is 24.3 Å². The monoisotopic (exact) mass is 316 g/mol. The van der Waals surface area contributed by atoms with Crippen LogP contribution in [0.5, 0.6) is 0 Å². The summed E-state index contributed by atoms with van der Waals surface area (Å²) in [4.78, 5) is 25.6. The molecule has 7 nitrogen and oxygen atoms in total. The van der Waals surface area contributed by atoms with E-state index in [0.29, 0.717) is 23.6 Å². The number of carbonyl (C=O) groups is 2. The lowest BCUT2D eigenvalue weighted by Crippen LogP contribution is -2.38. The van der Waals surface area contributed by atoms with Crippen molar-refractivity contribution in [1.29, 1.82) is 0 Å². The van der Waals surface area contributed by atoms with Crippen LogP contribution in [-0.4, -0.2) is 39.1 Å². The zero-order chi connectivity index (χ0) is 16.0. The molecule has 0 saturated carbocycles. The summed E-state index contributed by atoms with van der Waals surface area (Å²) in [6, 6.07) is 5.05. The lowest BCUT2D eigenvalue weighted by atomic mass is 9.89. The largest absolute Gasteiger partial charge is 0.481 e. The molecule has 7 heteroatoms. The molecule has 2 aromatic rings. The fourth-order valence-electron chi connectivity index (χ4n) is 3.82. The minimum absolute atomic E-state index is 0.0463. The molecular formula is C16H16N2O5. The van der Waals surface area contributed by atoms with E-state index in [1.54, 1.807) is 23.1 Å². The summed E-state index contributed by atoms with van der Waals surface area (Å²) in [5, 5.41) is 13.2. The van der Waals surface area contributed by atoms with Gasteiger partial charge in [-0.1, -0.05) is 5.16 Å². The number of carbonyl (C=O) groups excluding carboxylic acids is 1. The first-order valence-electron chi connectivity index (χ1n) is 7.67. The van der Waals surface area contributed by atoms with Gasteiger partial charge in [-0.3, -0.25) is 9.59 Å². The fraction of sp³-hybridized carbons (Fsp3) is 0.438. The molecule has 2 fully saturated rings. The number of rotatable bonds is 4. The predicted octanol–water partition coefficient (Wildman–Crippen LogP) is 1.94. The number of amides is 1. The van der Waals surface area contributed by atoms with Crippen LogP contribution in [0.4, 0.5) is 0 Å². The number of carboxylic acid groups (broad SMARTS) is 1. The zero-order valence-electron chi connectivity index (χ0n) is 12.3. The van der Waals surface area contributed by atoms with Gasteiger partial charge in [0.25, 0.3) is 0 Å². The third-order valence-corrected chi connectivity index (χ3v) is 4.80. The van der Waals surface area contributed by atoms with Crippen molar-refractivity contribution in [1.82, 2.24) is 10.1 Å². The predicted molar refractivity (Wildman–Crippen MR) is 77.3 cm³/mol. The van der Waals surface area contributed by atoms with Crippen LogP contribution in [0.1, 0.15) is 25.0 Å². The highest BCUT2D eigenvalue weighted by molar-refractivity contribution is 5.82. The van der Waals surface area contributed by atoms with Crippen molar-refractivity contribution in [3.8, 4) is 11.5 Å². The Morgan fingerprint density at radius 1 is 1.35 bits per heavy atom. The molecule has 0 unspecified atom stereocenters. The number of nitrogens with zero attached hydrogens (tertiary/aromatic N) is 2. The van der Waals surface area contributed by atoms with E-state index in [-0.39, 0.29) is 24.4 Å². The smallest absolute Gasteiger partial charge is 0.308 e. The highest BCUT2D eigenvalue weighted by atomic mass is 16.5. The third-order valence-electron chi connectivity index (χ3n) is 4.80. The molecule has 2 aliphatic rings. The van der Waals surface area contributed by atoms with Crippen molar-refractivity contribution in [2.24, 2.45) is 5.92 Å². The van der Waals surface area contributed by atoms with Crippen molar-refractivity contribution in [2.45, 2.75) is 37.8 Å². The number of carboxylic acids is 1. The first-order valence-corrected chi connectivity index (χ1v) is 7.67. The van der Waals surface area contributed by atoms with Gasteiger partial charge in [0.2, 0.25) is 11.7 Å². The Morgan fingerprint density at radius 3 is 2.91 bits per heavy atom. The average molecular weight is 316 g/mol. The van der Waals surface area contributed by atoms with Gasteiger partial charge in [0, 0.05) is 18.2 Å². The molecule has 0 radical (unpaired) electrons. The molecule has 1 amide bonds. The Kier molecular flexibility index (Phi) is 3.21. The Hall–Kier alpha value is -2.57. The molecule has 2 bridgehead atoms. The molecule has 3 atom stereocenters. The van der Waals surface area contributed by atoms with Crippen molar-refractivity contribution < 1.29 is 23.6 Å².